The number of hydrogen-bond acceptors (Lipinski definition) is 2. The van der Waals surface area contributed by atoms with E-state index < -0.39 is 0 Å². The van der Waals surface area contributed by atoms with Crippen molar-refractivity contribution >= 4 is 11.8 Å². The molecule has 0 fully saturated rings. The Morgan fingerprint density at radius 3 is 2.80 bits per heavy atom. The number of unbranched alkanes of at least 4 members (excludes halogenated alkanes) is 1. The van der Waals surface area contributed by atoms with Crippen LogP contribution in [0.15, 0.2) is 12.2 Å². The first kappa shape index (κ1) is 10.0. The average Bonchev–Trinajstić information content (AvgIpc) is 1.97. The zero-order valence-electron chi connectivity index (χ0n) is 6.68. The lowest BCUT2D eigenvalue weighted by molar-refractivity contribution is 0.897. The second kappa shape index (κ2) is 9.05. The topological polar surface area (TPSA) is 26.0 Å². The second-order valence-electron chi connectivity index (χ2n) is 2.14. The van der Waals surface area contributed by atoms with Crippen molar-refractivity contribution in [1.29, 1.82) is 0 Å². The fourth-order valence-electron chi connectivity index (χ4n) is 0.562. The highest BCUT2D eigenvalue weighted by atomic mass is 32.2. The summed E-state index contributed by atoms with van der Waals surface area (Å²) in [5, 5.41) is 0. The van der Waals surface area contributed by atoms with E-state index in [-0.39, 0.29) is 0 Å². The Bertz CT molecular complexity index is 81.3. The van der Waals surface area contributed by atoms with Crippen molar-refractivity contribution in [1.82, 2.24) is 0 Å². The van der Waals surface area contributed by atoms with Crippen molar-refractivity contribution in [3.8, 4) is 0 Å². The van der Waals surface area contributed by atoms with Gasteiger partial charge in [0.25, 0.3) is 0 Å². The molecule has 0 saturated heterocycles. The lowest BCUT2D eigenvalue weighted by Gasteiger charge is -1.93. The molecule has 2 heteroatoms. The molecule has 1 nitrogen and oxygen atoms in total. The van der Waals surface area contributed by atoms with E-state index in [1.165, 1.54) is 18.6 Å². The fraction of sp³-hybridized carbons (Fsp3) is 0.750. The number of rotatable bonds is 6. The molecular formula is C8H17NS. The summed E-state index contributed by atoms with van der Waals surface area (Å²) in [7, 11) is 0. The molecule has 0 aliphatic heterocycles. The van der Waals surface area contributed by atoms with Crippen LogP contribution in [0.4, 0.5) is 0 Å². The highest BCUT2D eigenvalue weighted by molar-refractivity contribution is 7.99. The SMILES string of the molecule is CCCCSCC=CCN. The minimum Gasteiger partial charge on any atom is -0.327 e. The van der Waals surface area contributed by atoms with Gasteiger partial charge in [0, 0.05) is 12.3 Å². The number of hydrogen-bond donors (Lipinski definition) is 1. The van der Waals surface area contributed by atoms with E-state index >= 15 is 0 Å². The van der Waals surface area contributed by atoms with Gasteiger partial charge in [-0.3, -0.25) is 0 Å². The van der Waals surface area contributed by atoms with E-state index in [2.05, 4.69) is 13.0 Å². The van der Waals surface area contributed by atoms with Crippen LogP contribution in [0.25, 0.3) is 0 Å². The molecule has 60 valence electrons. The molecule has 0 aromatic heterocycles. The Hall–Kier alpha value is 0.0500. The molecule has 0 unspecified atom stereocenters. The van der Waals surface area contributed by atoms with Crippen LogP contribution in [0.5, 0.6) is 0 Å². The molecule has 0 heterocycles. The minimum atomic E-state index is 0.675. The predicted molar refractivity (Wildman–Crippen MR) is 50.4 cm³/mol. The van der Waals surface area contributed by atoms with E-state index in [1.807, 2.05) is 17.8 Å². The zero-order valence-corrected chi connectivity index (χ0v) is 7.49. The van der Waals surface area contributed by atoms with Gasteiger partial charge in [0.05, 0.1) is 0 Å². The second-order valence-corrected chi connectivity index (χ2v) is 3.29. The predicted octanol–water partition coefficient (Wildman–Crippen LogP) is 2.03. The average molecular weight is 159 g/mol. The number of thioether (sulfide) groups is 1. The maximum atomic E-state index is 5.27. The van der Waals surface area contributed by atoms with Gasteiger partial charge in [-0.1, -0.05) is 25.5 Å². The molecule has 0 rings (SSSR count). The summed E-state index contributed by atoms with van der Waals surface area (Å²) in [6, 6.07) is 0. The Labute approximate surface area is 68.1 Å². The van der Waals surface area contributed by atoms with Crippen LogP contribution in [0, 0.1) is 0 Å². The summed E-state index contributed by atoms with van der Waals surface area (Å²) < 4.78 is 0. The van der Waals surface area contributed by atoms with E-state index in [0.29, 0.717) is 6.54 Å². The smallest absolute Gasteiger partial charge is 0.0113 e. The van der Waals surface area contributed by atoms with Gasteiger partial charge in [0.2, 0.25) is 0 Å². The molecule has 0 bridgehead atoms. The maximum absolute atomic E-state index is 5.27. The van der Waals surface area contributed by atoms with Crippen molar-refractivity contribution in [2.75, 3.05) is 18.1 Å². The van der Waals surface area contributed by atoms with Gasteiger partial charge in [-0.2, -0.15) is 11.8 Å². The summed E-state index contributed by atoms with van der Waals surface area (Å²) in [4.78, 5) is 0. The van der Waals surface area contributed by atoms with Crippen molar-refractivity contribution in [2.24, 2.45) is 5.73 Å². The third-order valence-corrected chi connectivity index (χ3v) is 2.16. The first-order chi connectivity index (χ1) is 4.91. The van der Waals surface area contributed by atoms with E-state index in [1.54, 1.807) is 0 Å². The summed E-state index contributed by atoms with van der Waals surface area (Å²) in [6.45, 7) is 2.89. The molecular weight excluding hydrogens is 142 g/mol. The molecule has 0 atom stereocenters. The summed E-state index contributed by atoms with van der Waals surface area (Å²) in [5.41, 5.74) is 5.27. The molecule has 10 heavy (non-hydrogen) atoms. The molecule has 0 spiro atoms. The first-order valence-corrected chi connectivity index (χ1v) is 5.00. The molecule has 2 N–H and O–H groups in total. The summed E-state index contributed by atoms with van der Waals surface area (Å²) >= 11 is 1.98. The van der Waals surface area contributed by atoms with Crippen LogP contribution >= 0.6 is 11.8 Å². The third kappa shape index (κ3) is 8.05. The van der Waals surface area contributed by atoms with E-state index in [0.717, 1.165) is 5.75 Å². The van der Waals surface area contributed by atoms with Crippen molar-refractivity contribution in [2.45, 2.75) is 19.8 Å². The standard InChI is InChI=1S/C8H17NS/c1-2-3-7-10-8-5-4-6-9/h4-5H,2-3,6-9H2,1H3. The Balaban J connectivity index is 2.83. The van der Waals surface area contributed by atoms with Crippen molar-refractivity contribution < 1.29 is 0 Å². The molecule has 0 saturated carbocycles. The van der Waals surface area contributed by atoms with Crippen LogP contribution in [-0.2, 0) is 0 Å². The zero-order chi connectivity index (χ0) is 7.66. The third-order valence-electron chi connectivity index (χ3n) is 1.16. The Morgan fingerprint density at radius 1 is 1.40 bits per heavy atom. The molecule has 0 amide bonds. The van der Waals surface area contributed by atoms with Crippen LogP contribution in [0.1, 0.15) is 19.8 Å². The maximum Gasteiger partial charge on any atom is 0.0113 e. The summed E-state index contributed by atoms with van der Waals surface area (Å²) in [6.07, 6.45) is 6.79. The normalized spacial score (nSPS) is 11.0. The van der Waals surface area contributed by atoms with Crippen LogP contribution in [0.2, 0.25) is 0 Å². The van der Waals surface area contributed by atoms with Gasteiger partial charge in [0.15, 0.2) is 0 Å². The molecule has 0 aromatic carbocycles. The largest absolute Gasteiger partial charge is 0.327 e. The lowest BCUT2D eigenvalue weighted by Crippen LogP contribution is -1.92. The molecule has 0 aromatic rings. The van der Waals surface area contributed by atoms with Gasteiger partial charge in [-0.05, 0) is 12.2 Å². The highest BCUT2D eigenvalue weighted by Crippen LogP contribution is 2.03. The van der Waals surface area contributed by atoms with Gasteiger partial charge in [-0.15, -0.1) is 0 Å². The lowest BCUT2D eigenvalue weighted by atomic mass is 10.4. The molecule has 0 aliphatic rings. The number of nitrogens with two attached hydrogens (primary N) is 1. The van der Waals surface area contributed by atoms with Gasteiger partial charge >= 0.3 is 0 Å². The van der Waals surface area contributed by atoms with Crippen molar-refractivity contribution in [3.05, 3.63) is 12.2 Å². The van der Waals surface area contributed by atoms with E-state index in [4.69, 9.17) is 5.73 Å². The van der Waals surface area contributed by atoms with Gasteiger partial charge < -0.3 is 5.73 Å². The molecule has 0 aliphatic carbocycles. The highest BCUT2D eigenvalue weighted by Gasteiger charge is 1.82. The van der Waals surface area contributed by atoms with Crippen LogP contribution < -0.4 is 5.73 Å². The van der Waals surface area contributed by atoms with Crippen molar-refractivity contribution in [3.63, 3.8) is 0 Å². The summed E-state index contributed by atoms with van der Waals surface area (Å²) in [5.74, 6) is 2.41. The van der Waals surface area contributed by atoms with Crippen LogP contribution in [-0.4, -0.2) is 18.1 Å². The van der Waals surface area contributed by atoms with E-state index in [9.17, 15) is 0 Å². The van der Waals surface area contributed by atoms with Gasteiger partial charge in [0.1, 0.15) is 0 Å². The molecule has 0 radical (unpaired) electrons. The monoisotopic (exact) mass is 159 g/mol. The fourth-order valence-corrected chi connectivity index (χ4v) is 1.49. The Kier molecular flexibility index (Phi) is 9.10. The minimum absolute atomic E-state index is 0.675. The Morgan fingerprint density at radius 2 is 2.20 bits per heavy atom. The van der Waals surface area contributed by atoms with Gasteiger partial charge in [-0.25, -0.2) is 0 Å². The quantitative estimate of drug-likeness (QED) is 0.474. The van der Waals surface area contributed by atoms with Crippen LogP contribution in [0.3, 0.4) is 0 Å². The first-order valence-electron chi connectivity index (χ1n) is 3.84.